The van der Waals surface area contributed by atoms with E-state index in [1.165, 1.54) is 6.07 Å². The summed E-state index contributed by atoms with van der Waals surface area (Å²) in [5, 5.41) is 0. The maximum atomic E-state index is 13.1. The lowest BCUT2D eigenvalue weighted by Gasteiger charge is -2.37. The summed E-state index contributed by atoms with van der Waals surface area (Å²) < 4.78 is 49.7. The van der Waals surface area contributed by atoms with Crippen LogP contribution in [0.3, 0.4) is 0 Å². The number of likely N-dealkylation sites (tertiary alicyclic amines) is 1. The minimum atomic E-state index is -4.39. The van der Waals surface area contributed by atoms with Gasteiger partial charge in [-0.15, -0.1) is 0 Å². The van der Waals surface area contributed by atoms with Gasteiger partial charge in [-0.25, -0.2) is 0 Å². The second-order valence-corrected chi connectivity index (χ2v) is 9.04. The van der Waals surface area contributed by atoms with Crippen molar-refractivity contribution >= 4 is 17.5 Å². The first-order chi connectivity index (χ1) is 17.2. The molecule has 2 heterocycles. The van der Waals surface area contributed by atoms with Gasteiger partial charge in [0.25, 0.3) is 0 Å². The Labute approximate surface area is 208 Å². The molecule has 0 bridgehead atoms. The van der Waals surface area contributed by atoms with Crippen molar-refractivity contribution in [1.29, 1.82) is 0 Å². The van der Waals surface area contributed by atoms with Crippen LogP contribution in [0.5, 0.6) is 11.5 Å². The monoisotopic (exact) mass is 505 g/mol. The van der Waals surface area contributed by atoms with Crippen LogP contribution in [-0.4, -0.2) is 75.1 Å². The van der Waals surface area contributed by atoms with E-state index in [9.17, 15) is 22.8 Å². The van der Waals surface area contributed by atoms with E-state index in [1.807, 2.05) is 23.1 Å². The molecule has 4 rings (SSSR count). The van der Waals surface area contributed by atoms with Gasteiger partial charge in [-0.3, -0.25) is 9.59 Å². The van der Waals surface area contributed by atoms with Gasteiger partial charge in [0.2, 0.25) is 11.8 Å². The van der Waals surface area contributed by atoms with E-state index in [4.69, 9.17) is 9.47 Å². The van der Waals surface area contributed by atoms with Gasteiger partial charge in [-0.05, 0) is 42.3 Å². The van der Waals surface area contributed by atoms with Gasteiger partial charge in [0, 0.05) is 51.4 Å². The van der Waals surface area contributed by atoms with Gasteiger partial charge in [0.1, 0.15) is 0 Å². The number of rotatable bonds is 7. The third-order valence-electron chi connectivity index (χ3n) is 6.81. The number of alkyl halides is 3. The van der Waals surface area contributed by atoms with Crippen LogP contribution < -0.4 is 14.4 Å². The second-order valence-electron chi connectivity index (χ2n) is 9.04. The number of ether oxygens (including phenoxy) is 2. The molecule has 2 aromatic rings. The summed E-state index contributed by atoms with van der Waals surface area (Å²) in [7, 11) is 3.14. The quantitative estimate of drug-likeness (QED) is 0.577. The highest BCUT2D eigenvalue weighted by molar-refractivity contribution is 5.89. The Morgan fingerprint density at radius 2 is 1.72 bits per heavy atom. The molecule has 2 amide bonds. The minimum absolute atomic E-state index is 0.0450. The number of nitrogens with zero attached hydrogens (tertiary/aromatic N) is 3. The van der Waals surface area contributed by atoms with E-state index in [0.717, 1.165) is 17.7 Å². The maximum absolute atomic E-state index is 13.1. The average Bonchev–Trinajstić information content (AvgIpc) is 3.26. The minimum Gasteiger partial charge on any atom is -0.493 e. The third kappa shape index (κ3) is 5.68. The molecule has 0 saturated carbocycles. The summed E-state index contributed by atoms with van der Waals surface area (Å²) in [4.78, 5) is 31.0. The first kappa shape index (κ1) is 25.7. The molecular weight excluding hydrogens is 475 g/mol. The van der Waals surface area contributed by atoms with Crippen molar-refractivity contribution in [3.63, 3.8) is 0 Å². The van der Waals surface area contributed by atoms with Crippen LogP contribution in [0.15, 0.2) is 42.5 Å². The number of halogens is 3. The van der Waals surface area contributed by atoms with Crippen LogP contribution in [0, 0.1) is 5.92 Å². The zero-order valence-corrected chi connectivity index (χ0v) is 20.4. The van der Waals surface area contributed by atoms with Gasteiger partial charge in [0.15, 0.2) is 11.5 Å². The van der Waals surface area contributed by atoms with Crippen LogP contribution in [0.2, 0.25) is 0 Å². The Morgan fingerprint density at radius 3 is 2.39 bits per heavy atom. The number of hydrogen-bond acceptors (Lipinski definition) is 5. The predicted octanol–water partition coefficient (Wildman–Crippen LogP) is 3.46. The second kappa shape index (κ2) is 10.7. The smallest absolute Gasteiger partial charge is 0.416 e. The van der Waals surface area contributed by atoms with Gasteiger partial charge >= 0.3 is 6.18 Å². The highest BCUT2D eigenvalue weighted by atomic mass is 19.4. The Morgan fingerprint density at radius 1 is 1.00 bits per heavy atom. The Balaban J connectivity index is 1.29. The molecule has 36 heavy (non-hydrogen) atoms. The SMILES string of the molecule is COc1ccc(CCN2C[C@@H](C(=O)N3CCN(c4cccc(C(F)(F)F)c4)CC3)CC2=O)cc1OC. The average molecular weight is 506 g/mol. The Bertz CT molecular complexity index is 1100. The van der Waals surface area contributed by atoms with Crippen LogP contribution >= 0.6 is 0 Å². The Hall–Kier alpha value is -3.43. The molecule has 2 fully saturated rings. The van der Waals surface area contributed by atoms with Crippen LogP contribution in [0.4, 0.5) is 18.9 Å². The molecule has 194 valence electrons. The summed E-state index contributed by atoms with van der Waals surface area (Å²) in [6.07, 6.45) is -3.59. The molecule has 2 aliphatic rings. The molecular formula is C26H30F3N3O4. The molecule has 0 aliphatic carbocycles. The largest absolute Gasteiger partial charge is 0.493 e. The van der Waals surface area contributed by atoms with Gasteiger partial charge < -0.3 is 24.2 Å². The summed E-state index contributed by atoms with van der Waals surface area (Å²) in [6.45, 7) is 2.57. The summed E-state index contributed by atoms with van der Waals surface area (Å²) in [5.41, 5.74) is 0.811. The van der Waals surface area contributed by atoms with E-state index >= 15 is 0 Å². The maximum Gasteiger partial charge on any atom is 0.416 e. The zero-order chi connectivity index (χ0) is 25.9. The van der Waals surface area contributed by atoms with Crippen LogP contribution in [0.25, 0.3) is 0 Å². The molecule has 0 N–H and O–H groups in total. The lowest BCUT2D eigenvalue weighted by molar-refractivity contribution is -0.137. The van der Waals surface area contributed by atoms with Crippen molar-refractivity contribution in [2.75, 3.05) is 58.4 Å². The number of amides is 2. The van der Waals surface area contributed by atoms with E-state index < -0.39 is 17.7 Å². The fourth-order valence-electron chi connectivity index (χ4n) is 4.78. The topological polar surface area (TPSA) is 62.3 Å². The Kier molecular flexibility index (Phi) is 7.61. The lowest BCUT2D eigenvalue weighted by Crippen LogP contribution is -2.50. The van der Waals surface area contributed by atoms with Crippen molar-refractivity contribution in [3.8, 4) is 11.5 Å². The number of carbonyl (C=O) groups excluding carboxylic acids is 2. The number of piperazine rings is 1. The number of anilines is 1. The molecule has 0 unspecified atom stereocenters. The summed E-state index contributed by atoms with van der Waals surface area (Å²) in [5.74, 6) is 0.748. The molecule has 0 radical (unpaired) electrons. The third-order valence-corrected chi connectivity index (χ3v) is 6.81. The van der Waals surface area contributed by atoms with Crippen molar-refractivity contribution in [3.05, 3.63) is 53.6 Å². The molecule has 0 aromatic heterocycles. The summed E-state index contributed by atoms with van der Waals surface area (Å²) in [6, 6.07) is 10.9. The highest BCUT2D eigenvalue weighted by Crippen LogP contribution is 2.32. The summed E-state index contributed by atoms with van der Waals surface area (Å²) >= 11 is 0. The van der Waals surface area contributed by atoms with Crippen LogP contribution in [-0.2, 0) is 22.2 Å². The van der Waals surface area contributed by atoms with Crippen molar-refractivity contribution < 1.29 is 32.2 Å². The first-order valence-electron chi connectivity index (χ1n) is 11.9. The number of hydrogen-bond donors (Lipinski definition) is 0. The number of carbonyl (C=O) groups is 2. The predicted molar refractivity (Wildman–Crippen MR) is 128 cm³/mol. The van der Waals surface area contributed by atoms with Crippen LogP contribution in [0.1, 0.15) is 17.5 Å². The number of methoxy groups -OCH3 is 2. The van der Waals surface area contributed by atoms with Gasteiger partial charge in [0.05, 0.1) is 25.7 Å². The zero-order valence-electron chi connectivity index (χ0n) is 20.4. The molecule has 2 aromatic carbocycles. The molecule has 0 spiro atoms. The van der Waals surface area contributed by atoms with Crippen molar-refractivity contribution in [2.24, 2.45) is 5.92 Å². The van der Waals surface area contributed by atoms with E-state index in [2.05, 4.69) is 0 Å². The van der Waals surface area contributed by atoms with E-state index in [1.54, 1.807) is 30.1 Å². The normalized spacial score (nSPS) is 18.5. The molecule has 2 aliphatic heterocycles. The van der Waals surface area contributed by atoms with E-state index in [0.29, 0.717) is 62.9 Å². The molecule has 2 saturated heterocycles. The first-order valence-corrected chi connectivity index (χ1v) is 11.9. The van der Waals surface area contributed by atoms with E-state index in [-0.39, 0.29) is 18.2 Å². The van der Waals surface area contributed by atoms with Gasteiger partial charge in [-0.2, -0.15) is 13.2 Å². The fraction of sp³-hybridized carbons (Fsp3) is 0.462. The van der Waals surface area contributed by atoms with Gasteiger partial charge in [-0.1, -0.05) is 12.1 Å². The lowest BCUT2D eigenvalue weighted by atomic mass is 10.1. The highest BCUT2D eigenvalue weighted by Gasteiger charge is 2.37. The molecule has 7 nitrogen and oxygen atoms in total. The molecule has 1 atom stereocenters. The standard InChI is InChI=1S/C26H30F3N3O4/c1-35-22-7-6-18(14-23(22)36-2)8-9-32-17-19(15-24(32)33)25(34)31-12-10-30(11-13-31)21-5-3-4-20(16-21)26(27,28)29/h3-7,14,16,19H,8-13,15,17H2,1-2H3/t19-/m0/s1. The van der Waals surface area contributed by atoms with Crippen molar-refractivity contribution in [1.82, 2.24) is 9.80 Å². The fourth-order valence-corrected chi connectivity index (χ4v) is 4.78. The number of benzene rings is 2. The van der Waals surface area contributed by atoms with Crippen molar-refractivity contribution in [2.45, 2.75) is 19.0 Å². The molecule has 10 heteroatoms.